The minimum Gasteiger partial charge on any atom is -0.462 e. The van der Waals surface area contributed by atoms with Gasteiger partial charge >= 0.3 is 19.8 Å². The first kappa shape index (κ1) is 57.8. The summed E-state index contributed by atoms with van der Waals surface area (Å²) in [5.74, 6) is -1.14. The van der Waals surface area contributed by atoms with Crippen LogP contribution in [-0.4, -0.2) is 98.3 Å². The maximum absolute atomic E-state index is 12.8. The van der Waals surface area contributed by atoms with Gasteiger partial charge in [-0.1, -0.05) is 172 Å². The van der Waals surface area contributed by atoms with Gasteiger partial charge in [0.15, 0.2) is 6.10 Å². The molecule has 0 bridgehead atoms. The van der Waals surface area contributed by atoms with Gasteiger partial charge < -0.3 is 39.9 Å². The van der Waals surface area contributed by atoms with Crippen molar-refractivity contribution < 1.29 is 63.1 Å². The Morgan fingerprint density at radius 1 is 0.516 bits per heavy atom. The molecule has 0 aromatic rings. The summed E-state index contributed by atoms with van der Waals surface area (Å²) in [4.78, 5) is 35.7. The van der Waals surface area contributed by atoms with E-state index in [1.54, 1.807) is 0 Å². The minimum atomic E-state index is -5.13. The Morgan fingerprint density at radius 2 is 0.919 bits per heavy atom. The largest absolute Gasteiger partial charge is 0.472 e. The molecule has 13 nitrogen and oxygen atoms in total. The molecule has 6 unspecified atom stereocenters. The molecule has 0 aromatic carbocycles. The SMILES string of the molecule is CC/C=C\C/C=C\C/C=C\C/C=C\CCCCC(=O)O[C@H](COC(=O)CCCCCCCCCCCCCCCCCCCC)COP(=O)(O)OC1C(O)C(O)C(O)[C@@H](O)C1O. The van der Waals surface area contributed by atoms with Crippen LogP contribution in [0.2, 0.25) is 0 Å². The lowest BCUT2D eigenvalue weighted by Gasteiger charge is -2.41. The minimum absolute atomic E-state index is 0.0448. The molecular weight excluding hydrogens is 815 g/mol. The van der Waals surface area contributed by atoms with Gasteiger partial charge in [-0.2, -0.15) is 0 Å². The summed E-state index contributed by atoms with van der Waals surface area (Å²) >= 11 is 0. The van der Waals surface area contributed by atoms with E-state index in [0.717, 1.165) is 57.8 Å². The van der Waals surface area contributed by atoms with E-state index in [2.05, 4.69) is 62.5 Å². The lowest BCUT2D eigenvalue weighted by Crippen LogP contribution is -2.64. The first-order chi connectivity index (χ1) is 29.9. The van der Waals surface area contributed by atoms with E-state index in [4.69, 9.17) is 18.5 Å². The van der Waals surface area contributed by atoms with Crippen LogP contribution in [0.1, 0.15) is 187 Å². The summed E-state index contributed by atoms with van der Waals surface area (Å²) in [6.45, 7) is 3.16. The van der Waals surface area contributed by atoms with Crippen LogP contribution in [0, 0.1) is 0 Å². The number of aliphatic hydroxyl groups excluding tert-OH is 5. The van der Waals surface area contributed by atoms with Crippen LogP contribution >= 0.6 is 7.82 Å². The van der Waals surface area contributed by atoms with E-state index in [1.807, 2.05) is 0 Å². The summed E-state index contributed by atoms with van der Waals surface area (Å²) in [7, 11) is -5.13. The Bertz CT molecular complexity index is 1270. The number of rotatable bonds is 39. The maximum Gasteiger partial charge on any atom is 0.472 e. The van der Waals surface area contributed by atoms with E-state index in [0.29, 0.717) is 12.8 Å². The van der Waals surface area contributed by atoms with Crippen LogP contribution in [0.3, 0.4) is 0 Å². The Morgan fingerprint density at radius 3 is 1.40 bits per heavy atom. The van der Waals surface area contributed by atoms with E-state index < -0.39 is 75.7 Å². The summed E-state index contributed by atoms with van der Waals surface area (Å²) in [5, 5.41) is 50.2. The van der Waals surface area contributed by atoms with Crippen LogP contribution in [0.5, 0.6) is 0 Å². The fourth-order valence-corrected chi connectivity index (χ4v) is 8.07. The zero-order valence-corrected chi connectivity index (χ0v) is 39.0. The van der Waals surface area contributed by atoms with Gasteiger partial charge in [-0.05, 0) is 51.4 Å². The summed E-state index contributed by atoms with van der Waals surface area (Å²) < 4.78 is 33.5. The summed E-state index contributed by atoms with van der Waals surface area (Å²) in [5.41, 5.74) is 0. The van der Waals surface area contributed by atoms with Gasteiger partial charge in [-0.15, -0.1) is 0 Å². The molecule has 0 heterocycles. The third-order valence-electron chi connectivity index (χ3n) is 10.9. The van der Waals surface area contributed by atoms with Crippen molar-refractivity contribution in [3.63, 3.8) is 0 Å². The van der Waals surface area contributed by atoms with Crippen molar-refractivity contribution in [1.82, 2.24) is 0 Å². The topological polar surface area (TPSA) is 210 Å². The lowest BCUT2D eigenvalue weighted by atomic mass is 9.85. The summed E-state index contributed by atoms with van der Waals surface area (Å²) in [6.07, 6.45) is 31.7. The number of ether oxygens (including phenoxy) is 2. The Balaban J connectivity index is 2.45. The predicted molar refractivity (Wildman–Crippen MR) is 244 cm³/mol. The number of phosphoric ester groups is 1. The molecule has 0 radical (unpaired) electrons. The molecule has 360 valence electrons. The number of carbonyl (C=O) groups excluding carboxylic acids is 2. The number of aliphatic hydroxyl groups is 5. The second-order valence-corrected chi connectivity index (χ2v) is 18.0. The highest BCUT2D eigenvalue weighted by Crippen LogP contribution is 2.47. The standard InChI is InChI=1S/C48H85O13P/c1-3-5-7-9-11-13-15-17-19-20-21-23-24-26-28-30-32-34-36-41(49)58-38-40(39-59-62(56,57)61-48-46(54)44(52)43(51)45(53)47(48)55)60-42(50)37-35-33-31-29-27-25-22-18-16-14-12-10-8-6-4-2/h6,8,12,14,18,22,27,29,40,43-48,51-55H,3-5,7,9-11,13,15-17,19-21,23-26,28,30-39H2,1-2H3,(H,56,57)/b8-6-,14-12-,22-18-,29-27-/t40-,43?,44-,45?,46?,47?,48?/m1/s1. The van der Waals surface area contributed by atoms with Crippen molar-refractivity contribution >= 4 is 19.8 Å². The van der Waals surface area contributed by atoms with Gasteiger partial charge in [0, 0.05) is 12.8 Å². The molecule has 0 aromatic heterocycles. The molecule has 14 heteroatoms. The van der Waals surface area contributed by atoms with E-state index in [1.165, 1.54) is 89.9 Å². The highest BCUT2D eigenvalue weighted by molar-refractivity contribution is 7.47. The molecule has 1 saturated carbocycles. The fraction of sp³-hybridized carbons (Fsp3) is 0.792. The molecule has 1 fully saturated rings. The molecule has 0 spiro atoms. The smallest absolute Gasteiger partial charge is 0.462 e. The van der Waals surface area contributed by atoms with E-state index >= 15 is 0 Å². The van der Waals surface area contributed by atoms with Crippen molar-refractivity contribution in [1.29, 1.82) is 0 Å². The normalized spacial score (nSPS) is 22.3. The molecule has 0 amide bonds. The third kappa shape index (κ3) is 30.0. The van der Waals surface area contributed by atoms with Crippen LogP contribution in [0.15, 0.2) is 48.6 Å². The Hall–Kier alpha value is -2.19. The second kappa shape index (κ2) is 38.1. The zero-order valence-electron chi connectivity index (χ0n) is 38.2. The first-order valence-electron chi connectivity index (χ1n) is 23.9. The average Bonchev–Trinajstić information content (AvgIpc) is 3.25. The molecule has 1 aliphatic carbocycles. The highest BCUT2D eigenvalue weighted by Gasteiger charge is 2.51. The zero-order chi connectivity index (χ0) is 45.7. The second-order valence-electron chi connectivity index (χ2n) is 16.6. The highest BCUT2D eigenvalue weighted by atomic mass is 31.2. The molecular formula is C48H85O13P. The number of carbonyl (C=O) groups is 2. The van der Waals surface area contributed by atoms with Gasteiger partial charge in [0.1, 0.15) is 43.2 Å². The van der Waals surface area contributed by atoms with Gasteiger partial charge in [0.2, 0.25) is 0 Å². The van der Waals surface area contributed by atoms with Crippen molar-refractivity contribution in [2.24, 2.45) is 0 Å². The van der Waals surface area contributed by atoms with E-state index in [-0.39, 0.29) is 12.8 Å². The molecule has 6 N–H and O–H groups in total. The number of unbranched alkanes of at least 4 members (excludes halogenated alkanes) is 19. The van der Waals surface area contributed by atoms with Gasteiger partial charge in [-0.25, -0.2) is 4.57 Å². The quantitative estimate of drug-likeness (QED) is 0.0147. The summed E-state index contributed by atoms with van der Waals surface area (Å²) in [6, 6.07) is 0. The van der Waals surface area contributed by atoms with Crippen LogP contribution in [-0.2, 0) is 32.7 Å². The van der Waals surface area contributed by atoms with Gasteiger partial charge in [0.25, 0.3) is 0 Å². The van der Waals surface area contributed by atoms with Crippen molar-refractivity contribution in [2.45, 2.75) is 230 Å². The van der Waals surface area contributed by atoms with Crippen molar-refractivity contribution in [3.8, 4) is 0 Å². The molecule has 1 rings (SSSR count). The molecule has 62 heavy (non-hydrogen) atoms. The third-order valence-corrected chi connectivity index (χ3v) is 11.9. The predicted octanol–water partition coefficient (Wildman–Crippen LogP) is 9.56. The molecule has 0 saturated heterocycles. The molecule has 1 aliphatic rings. The number of hydrogen-bond acceptors (Lipinski definition) is 12. The molecule has 8 atom stereocenters. The van der Waals surface area contributed by atoms with Crippen LogP contribution in [0.4, 0.5) is 0 Å². The number of allylic oxidation sites excluding steroid dienone is 8. The monoisotopic (exact) mass is 901 g/mol. The van der Waals surface area contributed by atoms with Crippen molar-refractivity contribution in [2.75, 3.05) is 13.2 Å². The van der Waals surface area contributed by atoms with Crippen LogP contribution < -0.4 is 0 Å². The Kier molecular flexibility index (Phi) is 35.5. The number of hydrogen-bond donors (Lipinski definition) is 6. The fourth-order valence-electron chi connectivity index (χ4n) is 7.10. The van der Waals surface area contributed by atoms with E-state index in [9.17, 15) is 44.6 Å². The first-order valence-corrected chi connectivity index (χ1v) is 25.4. The van der Waals surface area contributed by atoms with Gasteiger partial charge in [0.05, 0.1) is 6.61 Å². The average molecular weight is 901 g/mol. The van der Waals surface area contributed by atoms with Crippen molar-refractivity contribution in [3.05, 3.63) is 48.6 Å². The Labute approximate surface area is 373 Å². The molecule has 0 aliphatic heterocycles. The lowest BCUT2D eigenvalue weighted by molar-refractivity contribution is -0.220. The number of esters is 2. The van der Waals surface area contributed by atoms with Crippen LogP contribution in [0.25, 0.3) is 0 Å². The van der Waals surface area contributed by atoms with Gasteiger partial charge in [-0.3, -0.25) is 18.6 Å². The maximum atomic E-state index is 12.8. The number of phosphoric acid groups is 1.